The molecule has 0 radical (unpaired) electrons. The van der Waals surface area contributed by atoms with Gasteiger partial charge in [0.1, 0.15) is 16.1 Å². The standard InChI is InChI=1S/C12H9BrFNO2S/c1-18(16,17)9-4-2-8(3-5-9)12-10(14)6-7-11(13)15-12/h2-7H,1H3. The van der Waals surface area contributed by atoms with Gasteiger partial charge in [-0.05, 0) is 40.2 Å². The first-order valence-corrected chi connectivity index (χ1v) is 7.69. The Kier molecular flexibility index (Phi) is 3.49. The predicted molar refractivity (Wildman–Crippen MR) is 70.4 cm³/mol. The Hall–Kier alpha value is -1.27. The van der Waals surface area contributed by atoms with E-state index < -0.39 is 15.7 Å². The van der Waals surface area contributed by atoms with E-state index >= 15 is 0 Å². The lowest BCUT2D eigenvalue weighted by Gasteiger charge is -2.04. The molecule has 18 heavy (non-hydrogen) atoms. The van der Waals surface area contributed by atoms with Crippen molar-refractivity contribution in [3.63, 3.8) is 0 Å². The van der Waals surface area contributed by atoms with Gasteiger partial charge in [-0.25, -0.2) is 17.8 Å². The van der Waals surface area contributed by atoms with Crippen LogP contribution < -0.4 is 0 Å². The molecule has 0 saturated heterocycles. The first-order valence-electron chi connectivity index (χ1n) is 5.00. The molecular formula is C12H9BrFNO2S. The highest BCUT2D eigenvalue weighted by Gasteiger charge is 2.10. The smallest absolute Gasteiger partial charge is 0.175 e. The Morgan fingerprint density at radius 3 is 2.28 bits per heavy atom. The normalized spacial score (nSPS) is 11.5. The summed E-state index contributed by atoms with van der Waals surface area (Å²) in [4.78, 5) is 4.22. The van der Waals surface area contributed by atoms with Gasteiger partial charge in [0.2, 0.25) is 0 Å². The van der Waals surface area contributed by atoms with Crippen LogP contribution in [0.5, 0.6) is 0 Å². The molecule has 0 N–H and O–H groups in total. The molecule has 0 saturated carbocycles. The van der Waals surface area contributed by atoms with Gasteiger partial charge in [0, 0.05) is 11.8 Å². The highest BCUT2D eigenvalue weighted by Crippen LogP contribution is 2.24. The van der Waals surface area contributed by atoms with E-state index in [4.69, 9.17) is 0 Å². The molecule has 0 unspecified atom stereocenters. The maximum atomic E-state index is 13.6. The van der Waals surface area contributed by atoms with Gasteiger partial charge in [-0.3, -0.25) is 0 Å². The van der Waals surface area contributed by atoms with E-state index in [0.717, 1.165) is 6.26 Å². The largest absolute Gasteiger partial charge is 0.238 e. The van der Waals surface area contributed by atoms with Gasteiger partial charge in [0.15, 0.2) is 9.84 Å². The SMILES string of the molecule is CS(=O)(=O)c1ccc(-c2nc(Br)ccc2F)cc1. The minimum atomic E-state index is -3.24. The Balaban J connectivity index is 2.50. The Bertz CT molecular complexity index is 684. The average molecular weight is 330 g/mol. The number of pyridine rings is 1. The van der Waals surface area contributed by atoms with Gasteiger partial charge in [-0.2, -0.15) is 0 Å². The van der Waals surface area contributed by atoms with E-state index in [-0.39, 0.29) is 10.6 Å². The van der Waals surface area contributed by atoms with Crippen LogP contribution in [0.1, 0.15) is 0 Å². The molecule has 2 aromatic rings. The topological polar surface area (TPSA) is 47.0 Å². The van der Waals surface area contributed by atoms with Gasteiger partial charge in [0.25, 0.3) is 0 Å². The van der Waals surface area contributed by atoms with Crippen molar-refractivity contribution >= 4 is 25.8 Å². The lowest BCUT2D eigenvalue weighted by Crippen LogP contribution is -1.97. The third-order valence-corrected chi connectivity index (χ3v) is 3.94. The molecule has 0 amide bonds. The summed E-state index contributed by atoms with van der Waals surface area (Å²) in [5.74, 6) is -0.453. The lowest BCUT2D eigenvalue weighted by atomic mass is 10.1. The van der Waals surface area contributed by atoms with Crippen LogP contribution in [0.3, 0.4) is 0 Å². The summed E-state index contributed by atoms with van der Waals surface area (Å²) >= 11 is 3.17. The van der Waals surface area contributed by atoms with Crippen LogP contribution in [0, 0.1) is 5.82 Å². The number of sulfone groups is 1. The summed E-state index contributed by atoms with van der Waals surface area (Å²) < 4.78 is 36.7. The van der Waals surface area contributed by atoms with Crippen molar-refractivity contribution in [2.24, 2.45) is 0 Å². The fourth-order valence-corrected chi connectivity index (χ4v) is 2.42. The van der Waals surface area contributed by atoms with E-state index in [9.17, 15) is 12.8 Å². The Morgan fingerprint density at radius 2 is 1.72 bits per heavy atom. The summed E-state index contributed by atoms with van der Waals surface area (Å²) in [6.45, 7) is 0. The molecule has 94 valence electrons. The third kappa shape index (κ3) is 2.76. The number of halogens is 2. The molecule has 1 aromatic carbocycles. The lowest BCUT2D eigenvalue weighted by molar-refractivity contribution is 0.602. The van der Waals surface area contributed by atoms with Crippen molar-refractivity contribution in [3.8, 4) is 11.3 Å². The monoisotopic (exact) mass is 329 g/mol. The first-order chi connectivity index (χ1) is 8.38. The second-order valence-corrected chi connectivity index (χ2v) is 6.59. The summed E-state index contributed by atoms with van der Waals surface area (Å²) in [5, 5.41) is 0. The zero-order valence-electron chi connectivity index (χ0n) is 9.39. The molecule has 0 atom stereocenters. The molecular weight excluding hydrogens is 321 g/mol. The molecule has 1 aromatic heterocycles. The number of rotatable bonds is 2. The highest BCUT2D eigenvalue weighted by atomic mass is 79.9. The third-order valence-electron chi connectivity index (χ3n) is 2.37. The van der Waals surface area contributed by atoms with Crippen LogP contribution in [0.4, 0.5) is 4.39 Å². The van der Waals surface area contributed by atoms with Crippen molar-refractivity contribution in [2.45, 2.75) is 4.90 Å². The van der Waals surface area contributed by atoms with E-state index in [1.807, 2.05) is 0 Å². The molecule has 0 fully saturated rings. The number of benzene rings is 1. The van der Waals surface area contributed by atoms with Crippen LogP contribution in [0.25, 0.3) is 11.3 Å². The summed E-state index contributed by atoms with van der Waals surface area (Å²) in [6.07, 6.45) is 1.12. The van der Waals surface area contributed by atoms with Crippen molar-refractivity contribution < 1.29 is 12.8 Å². The molecule has 0 aliphatic rings. The van der Waals surface area contributed by atoms with Crippen LogP contribution in [0.2, 0.25) is 0 Å². The maximum Gasteiger partial charge on any atom is 0.175 e. The van der Waals surface area contributed by atoms with E-state index in [1.54, 1.807) is 0 Å². The molecule has 3 nitrogen and oxygen atoms in total. The molecule has 1 heterocycles. The molecule has 0 bridgehead atoms. The van der Waals surface area contributed by atoms with Gasteiger partial charge in [-0.15, -0.1) is 0 Å². The Labute approximate surface area is 113 Å². The van der Waals surface area contributed by atoms with Crippen LogP contribution in [0.15, 0.2) is 45.9 Å². The van der Waals surface area contributed by atoms with Crippen molar-refractivity contribution in [1.82, 2.24) is 4.98 Å². The van der Waals surface area contributed by atoms with Gasteiger partial charge in [0.05, 0.1) is 4.90 Å². The van der Waals surface area contributed by atoms with E-state index in [1.165, 1.54) is 36.4 Å². The Morgan fingerprint density at radius 1 is 1.11 bits per heavy atom. The van der Waals surface area contributed by atoms with Crippen LogP contribution in [-0.4, -0.2) is 19.7 Å². The van der Waals surface area contributed by atoms with Crippen LogP contribution in [-0.2, 0) is 9.84 Å². The number of aromatic nitrogens is 1. The number of hydrogen-bond donors (Lipinski definition) is 0. The van der Waals surface area contributed by atoms with Crippen molar-refractivity contribution in [2.75, 3.05) is 6.26 Å². The molecule has 0 aliphatic carbocycles. The number of nitrogens with zero attached hydrogens (tertiary/aromatic N) is 1. The maximum absolute atomic E-state index is 13.6. The summed E-state index contributed by atoms with van der Waals surface area (Å²) in [7, 11) is -3.24. The highest BCUT2D eigenvalue weighted by molar-refractivity contribution is 9.10. The van der Waals surface area contributed by atoms with Gasteiger partial charge < -0.3 is 0 Å². The molecule has 0 aliphatic heterocycles. The van der Waals surface area contributed by atoms with Gasteiger partial charge in [-0.1, -0.05) is 12.1 Å². The minimum absolute atomic E-state index is 0.185. The number of hydrogen-bond acceptors (Lipinski definition) is 3. The first kappa shape index (κ1) is 13.2. The average Bonchev–Trinajstić information content (AvgIpc) is 2.31. The van der Waals surface area contributed by atoms with E-state index in [2.05, 4.69) is 20.9 Å². The quantitative estimate of drug-likeness (QED) is 0.795. The van der Waals surface area contributed by atoms with Crippen molar-refractivity contribution in [1.29, 1.82) is 0 Å². The second kappa shape index (κ2) is 4.78. The second-order valence-electron chi connectivity index (χ2n) is 3.76. The van der Waals surface area contributed by atoms with E-state index in [0.29, 0.717) is 10.2 Å². The zero-order chi connectivity index (χ0) is 13.3. The van der Waals surface area contributed by atoms with Crippen LogP contribution >= 0.6 is 15.9 Å². The van der Waals surface area contributed by atoms with Crippen molar-refractivity contribution in [3.05, 3.63) is 46.8 Å². The zero-order valence-corrected chi connectivity index (χ0v) is 11.8. The summed E-state index contributed by atoms with van der Waals surface area (Å²) in [6, 6.07) is 8.75. The van der Waals surface area contributed by atoms with Gasteiger partial charge >= 0.3 is 0 Å². The fraction of sp³-hybridized carbons (Fsp3) is 0.0833. The molecule has 0 spiro atoms. The predicted octanol–water partition coefficient (Wildman–Crippen LogP) is 3.05. The fourth-order valence-electron chi connectivity index (χ4n) is 1.48. The minimum Gasteiger partial charge on any atom is -0.238 e. The molecule has 6 heteroatoms. The molecule has 2 rings (SSSR count). The summed E-state index contributed by atoms with van der Waals surface area (Å²) in [5.41, 5.74) is 0.714.